The molecule has 0 atom stereocenters. The third-order valence-electron chi connectivity index (χ3n) is 2.92. The van der Waals surface area contributed by atoms with Crippen molar-refractivity contribution in [1.82, 2.24) is 4.98 Å². The zero-order valence-electron chi connectivity index (χ0n) is 11.8. The van der Waals surface area contributed by atoms with Gasteiger partial charge in [-0.05, 0) is 45.7 Å². The molecule has 0 unspecified atom stereocenters. The lowest BCUT2D eigenvalue weighted by Crippen LogP contribution is -2.40. The van der Waals surface area contributed by atoms with Crippen LogP contribution in [0.3, 0.4) is 0 Å². The summed E-state index contributed by atoms with van der Waals surface area (Å²) in [7, 11) is 0. The molecule has 0 aromatic carbocycles. The van der Waals surface area contributed by atoms with E-state index in [1.54, 1.807) is 4.90 Å². The van der Waals surface area contributed by atoms with Crippen LogP contribution in [0.2, 0.25) is 0 Å². The second-order valence-corrected chi connectivity index (χ2v) is 5.71. The van der Waals surface area contributed by atoms with Gasteiger partial charge in [0.05, 0.1) is 17.1 Å². The lowest BCUT2D eigenvalue weighted by atomic mass is 10.1. The van der Waals surface area contributed by atoms with Crippen molar-refractivity contribution in [2.75, 3.05) is 11.4 Å². The molecule has 19 heavy (non-hydrogen) atoms. The first-order valence-corrected chi connectivity index (χ1v) is 6.60. The number of hydrogen-bond acceptors (Lipinski definition) is 4. The number of aryl methyl sites for hydroxylation is 1. The van der Waals surface area contributed by atoms with E-state index < -0.39 is 5.60 Å². The van der Waals surface area contributed by atoms with Crippen LogP contribution in [0.5, 0.6) is 0 Å². The Morgan fingerprint density at radius 3 is 2.84 bits per heavy atom. The van der Waals surface area contributed by atoms with Crippen molar-refractivity contribution in [2.24, 2.45) is 5.73 Å². The van der Waals surface area contributed by atoms with E-state index in [0.717, 1.165) is 29.9 Å². The van der Waals surface area contributed by atoms with Crippen LogP contribution < -0.4 is 10.6 Å². The average molecular weight is 263 g/mol. The first-order valence-electron chi connectivity index (χ1n) is 6.60. The first-order chi connectivity index (χ1) is 8.90. The quantitative estimate of drug-likeness (QED) is 0.843. The third-order valence-corrected chi connectivity index (χ3v) is 2.92. The van der Waals surface area contributed by atoms with Crippen LogP contribution in [0.4, 0.5) is 10.5 Å². The highest BCUT2D eigenvalue weighted by molar-refractivity contribution is 5.89. The smallest absolute Gasteiger partial charge is 0.414 e. The fourth-order valence-corrected chi connectivity index (χ4v) is 2.11. The number of ether oxygens (including phenoxy) is 1. The molecule has 5 heteroatoms. The van der Waals surface area contributed by atoms with Gasteiger partial charge in [-0.15, -0.1) is 0 Å². The maximum atomic E-state index is 12.2. The minimum Gasteiger partial charge on any atom is -0.443 e. The molecule has 1 aromatic heterocycles. The summed E-state index contributed by atoms with van der Waals surface area (Å²) in [6.07, 6.45) is 1.46. The molecule has 1 amide bonds. The number of carbonyl (C=O) groups is 1. The summed E-state index contributed by atoms with van der Waals surface area (Å²) in [4.78, 5) is 18.3. The third kappa shape index (κ3) is 3.23. The summed E-state index contributed by atoms with van der Waals surface area (Å²) in [5, 5.41) is 0. The molecule has 1 aliphatic rings. The number of amides is 1. The molecule has 2 N–H and O–H groups in total. The van der Waals surface area contributed by atoms with Crippen molar-refractivity contribution in [3.63, 3.8) is 0 Å². The second kappa shape index (κ2) is 5.17. The number of nitrogens with two attached hydrogens (primary N) is 1. The van der Waals surface area contributed by atoms with Crippen LogP contribution in [0, 0.1) is 0 Å². The van der Waals surface area contributed by atoms with Gasteiger partial charge in [0.15, 0.2) is 0 Å². The van der Waals surface area contributed by atoms with E-state index in [2.05, 4.69) is 4.98 Å². The van der Waals surface area contributed by atoms with Crippen LogP contribution in [-0.4, -0.2) is 23.2 Å². The topological polar surface area (TPSA) is 68.5 Å². The van der Waals surface area contributed by atoms with Crippen molar-refractivity contribution in [2.45, 2.75) is 45.8 Å². The highest BCUT2D eigenvalue weighted by Gasteiger charge is 2.27. The molecule has 0 saturated carbocycles. The molecule has 0 aliphatic carbocycles. The van der Waals surface area contributed by atoms with Gasteiger partial charge in [0.1, 0.15) is 5.60 Å². The highest BCUT2D eigenvalue weighted by Crippen LogP contribution is 2.27. The van der Waals surface area contributed by atoms with E-state index in [1.165, 1.54) is 0 Å². The summed E-state index contributed by atoms with van der Waals surface area (Å²) in [6, 6.07) is 3.77. The van der Waals surface area contributed by atoms with Crippen LogP contribution in [-0.2, 0) is 17.7 Å². The van der Waals surface area contributed by atoms with E-state index in [0.29, 0.717) is 13.1 Å². The predicted octanol–water partition coefficient (Wildman–Crippen LogP) is 2.23. The summed E-state index contributed by atoms with van der Waals surface area (Å²) in [6.45, 7) is 6.69. The Labute approximate surface area is 113 Å². The maximum absolute atomic E-state index is 12.2. The van der Waals surface area contributed by atoms with Crippen LogP contribution in [0.1, 0.15) is 38.6 Å². The van der Waals surface area contributed by atoms with E-state index in [4.69, 9.17) is 10.5 Å². The number of nitrogens with zero attached hydrogens (tertiary/aromatic N) is 2. The molecular formula is C14H21N3O2. The van der Waals surface area contributed by atoms with Gasteiger partial charge in [0, 0.05) is 13.1 Å². The van der Waals surface area contributed by atoms with E-state index in [1.807, 2.05) is 32.9 Å². The molecule has 2 rings (SSSR count). The normalized spacial score (nSPS) is 15.1. The molecule has 5 nitrogen and oxygen atoms in total. The number of rotatable bonds is 1. The molecule has 1 aliphatic heterocycles. The van der Waals surface area contributed by atoms with Gasteiger partial charge in [0.25, 0.3) is 0 Å². The van der Waals surface area contributed by atoms with Crippen molar-refractivity contribution in [3.8, 4) is 0 Å². The zero-order chi connectivity index (χ0) is 14.0. The number of carbonyl (C=O) groups excluding carboxylic acids is 1. The van der Waals surface area contributed by atoms with Gasteiger partial charge >= 0.3 is 6.09 Å². The van der Waals surface area contributed by atoms with Crippen LogP contribution in [0.25, 0.3) is 0 Å². The first kappa shape index (κ1) is 13.8. The Morgan fingerprint density at radius 2 is 2.21 bits per heavy atom. The summed E-state index contributed by atoms with van der Waals surface area (Å²) >= 11 is 0. The van der Waals surface area contributed by atoms with Gasteiger partial charge in [-0.1, -0.05) is 0 Å². The molecule has 0 radical (unpaired) electrons. The Hall–Kier alpha value is -1.62. The minimum atomic E-state index is -0.487. The largest absolute Gasteiger partial charge is 0.443 e. The lowest BCUT2D eigenvalue weighted by Gasteiger charge is -2.31. The highest BCUT2D eigenvalue weighted by atomic mass is 16.6. The van der Waals surface area contributed by atoms with Crippen molar-refractivity contribution in [1.29, 1.82) is 0 Å². The molecule has 0 saturated heterocycles. The fourth-order valence-electron chi connectivity index (χ4n) is 2.11. The second-order valence-electron chi connectivity index (χ2n) is 5.71. The van der Waals surface area contributed by atoms with E-state index in [9.17, 15) is 4.79 Å². The molecule has 1 aromatic rings. The van der Waals surface area contributed by atoms with Gasteiger partial charge in [0.2, 0.25) is 0 Å². The van der Waals surface area contributed by atoms with Gasteiger partial charge in [-0.3, -0.25) is 9.88 Å². The molecule has 0 fully saturated rings. The molecular weight excluding hydrogens is 242 g/mol. The number of pyridine rings is 1. The number of fused-ring (bicyclic) bond motifs is 1. The summed E-state index contributed by atoms with van der Waals surface area (Å²) in [5.74, 6) is 0. The molecule has 0 spiro atoms. The van der Waals surface area contributed by atoms with E-state index >= 15 is 0 Å². The number of anilines is 1. The standard InChI is InChI=1S/C14H21N3O2/c1-14(2,3)19-13(18)17-8-4-5-11-12(17)7-6-10(9-15)16-11/h6-7H,4-5,8-9,15H2,1-3H3. The van der Waals surface area contributed by atoms with Gasteiger partial charge in [-0.25, -0.2) is 4.79 Å². The Balaban J connectivity index is 2.25. The Bertz CT molecular complexity index is 480. The van der Waals surface area contributed by atoms with Crippen LogP contribution in [0.15, 0.2) is 12.1 Å². The van der Waals surface area contributed by atoms with Gasteiger partial charge < -0.3 is 10.5 Å². The van der Waals surface area contributed by atoms with Gasteiger partial charge in [-0.2, -0.15) is 0 Å². The molecule has 104 valence electrons. The SMILES string of the molecule is CC(C)(C)OC(=O)N1CCCc2nc(CN)ccc21. The molecule has 0 bridgehead atoms. The van der Waals surface area contributed by atoms with Crippen molar-refractivity contribution in [3.05, 3.63) is 23.5 Å². The Morgan fingerprint density at radius 1 is 1.47 bits per heavy atom. The Kier molecular flexibility index (Phi) is 3.75. The van der Waals surface area contributed by atoms with E-state index in [-0.39, 0.29) is 6.09 Å². The lowest BCUT2D eigenvalue weighted by molar-refractivity contribution is 0.0577. The fraction of sp³-hybridized carbons (Fsp3) is 0.571. The van der Waals surface area contributed by atoms with Crippen LogP contribution >= 0.6 is 0 Å². The van der Waals surface area contributed by atoms with Crippen molar-refractivity contribution >= 4 is 11.8 Å². The monoisotopic (exact) mass is 263 g/mol. The maximum Gasteiger partial charge on any atom is 0.414 e. The number of hydrogen-bond donors (Lipinski definition) is 1. The van der Waals surface area contributed by atoms with Crippen molar-refractivity contribution < 1.29 is 9.53 Å². The summed E-state index contributed by atoms with van der Waals surface area (Å²) < 4.78 is 5.43. The predicted molar refractivity (Wildman–Crippen MR) is 74.0 cm³/mol. The molecule has 2 heterocycles. The zero-order valence-corrected chi connectivity index (χ0v) is 11.8. The summed E-state index contributed by atoms with van der Waals surface area (Å²) in [5.41, 5.74) is 7.73. The number of aromatic nitrogens is 1. The average Bonchev–Trinajstić information content (AvgIpc) is 2.35. The minimum absolute atomic E-state index is 0.309.